The summed E-state index contributed by atoms with van der Waals surface area (Å²) < 4.78 is 25.2. The number of carbonyl (C=O) groups excluding carboxylic acids is 1. The van der Waals surface area contributed by atoms with Crippen molar-refractivity contribution in [2.45, 2.75) is 40.7 Å². The number of ketones is 1. The van der Waals surface area contributed by atoms with Crippen molar-refractivity contribution >= 4 is 16.8 Å². The molecule has 140 valence electrons. The molecule has 3 rings (SSSR count). The topological polar surface area (TPSA) is 56.5 Å². The van der Waals surface area contributed by atoms with Gasteiger partial charge in [-0.15, -0.1) is 0 Å². The summed E-state index contributed by atoms with van der Waals surface area (Å²) in [6.45, 7) is 7.00. The van der Waals surface area contributed by atoms with Crippen LogP contribution in [0.4, 0.5) is 4.39 Å². The number of hydrogen-bond donors (Lipinski definition) is 0. The van der Waals surface area contributed by atoms with E-state index in [1.165, 1.54) is 13.0 Å². The van der Waals surface area contributed by atoms with Crippen LogP contribution in [0, 0.1) is 26.6 Å². The minimum absolute atomic E-state index is 0.0496. The van der Waals surface area contributed by atoms with Crippen molar-refractivity contribution in [1.82, 2.24) is 0 Å². The number of carbonyl (C=O) groups is 1. The lowest BCUT2D eigenvalue weighted by atomic mass is 10.0. The number of aryl methyl sites for hydroxylation is 3. The monoisotopic (exact) mass is 368 g/mol. The highest BCUT2D eigenvalue weighted by Crippen LogP contribution is 2.30. The Morgan fingerprint density at radius 3 is 2.56 bits per heavy atom. The minimum atomic E-state index is -0.514. The molecule has 0 aliphatic carbocycles. The molecule has 4 nitrogen and oxygen atoms in total. The standard InChI is InChI=1S/C22H21FO4/c1-12-5-7-19(23)16(9-12)11-26-20-8-6-17-14(3)18(10-13(2)24)22(25)27-21(17)15(20)4/h5-9H,10-11H2,1-4H3. The van der Waals surface area contributed by atoms with E-state index >= 15 is 0 Å². The lowest BCUT2D eigenvalue weighted by Gasteiger charge is -2.13. The highest BCUT2D eigenvalue weighted by Gasteiger charge is 2.16. The van der Waals surface area contributed by atoms with Crippen LogP contribution < -0.4 is 10.4 Å². The molecule has 0 radical (unpaired) electrons. The molecule has 2 aromatic carbocycles. The SMILES string of the molecule is CC(=O)Cc1c(C)c2ccc(OCc3cc(C)ccc3F)c(C)c2oc1=O. The third-order valence-corrected chi connectivity index (χ3v) is 4.66. The Bertz CT molecular complexity index is 1100. The number of ether oxygens (including phenoxy) is 1. The van der Waals surface area contributed by atoms with Crippen molar-refractivity contribution in [3.05, 3.63) is 74.4 Å². The van der Waals surface area contributed by atoms with Gasteiger partial charge in [0, 0.05) is 28.5 Å². The van der Waals surface area contributed by atoms with Crippen molar-refractivity contribution < 1.29 is 18.3 Å². The fraction of sp³-hybridized carbons (Fsp3) is 0.273. The normalized spacial score (nSPS) is 11.0. The number of fused-ring (bicyclic) bond motifs is 1. The quantitative estimate of drug-likeness (QED) is 0.619. The smallest absolute Gasteiger partial charge is 0.340 e. The summed E-state index contributed by atoms with van der Waals surface area (Å²) in [5.74, 6) is 0.0992. The van der Waals surface area contributed by atoms with Crippen LogP contribution in [0.25, 0.3) is 11.0 Å². The van der Waals surface area contributed by atoms with Crippen LogP contribution >= 0.6 is 0 Å². The lowest BCUT2D eigenvalue weighted by Crippen LogP contribution is -2.14. The van der Waals surface area contributed by atoms with Crippen LogP contribution in [0.1, 0.15) is 34.7 Å². The van der Waals surface area contributed by atoms with E-state index in [4.69, 9.17) is 9.15 Å². The van der Waals surface area contributed by atoms with Gasteiger partial charge in [-0.3, -0.25) is 4.79 Å². The number of halogens is 1. The number of rotatable bonds is 5. The van der Waals surface area contributed by atoms with Gasteiger partial charge >= 0.3 is 5.63 Å². The Labute approximate surface area is 156 Å². The number of benzene rings is 2. The van der Waals surface area contributed by atoms with Gasteiger partial charge in [0.1, 0.15) is 29.5 Å². The molecule has 5 heteroatoms. The van der Waals surface area contributed by atoms with E-state index in [1.54, 1.807) is 38.1 Å². The second kappa shape index (κ2) is 7.35. The first kappa shape index (κ1) is 18.8. The largest absolute Gasteiger partial charge is 0.488 e. The summed E-state index contributed by atoms with van der Waals surface area (Å²) in [6.07, 6.45) is 0.0496. The maximum atomic E-state index is 13.9. The van der Waals surface area contributed by atoms with Gasteiger partial charge in [0.25, 0.3) is 0 Å². The molecule has 0 amide bonds. The van der Waals surface area contributed by atoms with E-state index in [9.17, 15) is 14.0 Å². The second-order valence-electron chi connectivity index (χ2n) is 6.82. The van der Waals surface area contributed by atoms with E-state index in [-0.39, 0.29) is 24.6 Å². The zero-order valence-corrected chi connectivity index (χ0v) is 15.8. The summed E-state index contributed by atoms with van der Waals surface area (Å²) in [6, 6.07) is 8.43. The van der Waals surface area contributed by atoms with Gasteiger partial charge in [-0.05, 0) is 57.5 Å². The van der Waals surface area contributed by atoms with Crippen molar-refractivity contribution in [1.29, 1.82) is 0 Å². The zero-order chi connectivity index (χ0) is 19.7. The molecule has 1 aromatic heterocycles. The van der Waals surface area contributed by atoms with Crippen LogP contribution in [0.5, 0.6) is 5.75 Å². The predicted octanol–water partition coefficient (Wildman–Crippen LogP) is 4.57. The Balaban J connectivity index is 1.99. The first-order valence-electron chi connectivity index (χ1n) is 8.71. The van der Waals surface area contributed by atoms with Gasteiger partial charge in [-0.25, -0.2) is 9.18 Å². The first-order chi connectivity index (χ1) is 12.8. The number of hydrogen-bond acceptors (Lipinski definition) is 4. The van der Waals surface area contributed by atoms with E-state index < -0.39 is 5.63 Å². The molecule has 0 atom stereocenters. The summed E-state index contributed by atoms with van der Waals surface area (Å²) >= 11 is 0. The van der Waals surface area contributed by atoms with Crippen molar-refractivity contribution in [2.24, 2.45) is 0 Å². The third kappa shape index (κ3) is 3.77. The van der Waals surface area contributed by atoms with E-state index in [2.05, 4.69) is 0 Å². The summed E-state index contributed by atoms with van der Waals surface area (Å²) in [5, 5.41) is 0.762. The highest BCUT2D eigenvalue weighted by molar-refractivity contribution is 5.87. The third-order valence-electron chi connectivity index (χ3n) is 4.66. The maximum Gasteiger partial charge on any atom is 0.340 e. The zero-order valence-electron chi connectivity index (χ0n) is 15.8. The van der Waals surface area contributed by atoms with E-state index in [0.717, 1.165) is 16.5 Å². The molecule has 0 saturated heterocycles. The van der Waals surface area contributed by atoms with Gasteiger partial charge in [0.05, 0.1) is 0 Å². The maximum absolute atomic E-state index is 13.9. The second-order valence-corrected chi connectivity index (χ2v) is 6.82. The summed E-state index contributed by atoms with van der Waals surface area (Å²) in [7, 11) is 0. The molecule has 0 spiro atoms. The predicted molar refractivity (Wildman–Crippen MR) is 102 cm³/mol. The van der Waals surface area contributed by atoms with Crippen LogP contribution in [0.2, 0.25) is 0 Å². The molecule has 0 unspecified atom stereocenters. The fourth-order valence-corrected chi connectivity index (χ4v) is 3.15. The van der Waals surface area contributed by atoms with E-state index in [0.29, 0.717) is 28.0 Å². The van der Waals surface area contributed by atoms with E-state index in [1.807, 2.05) is 6.92 Å². The molecule has 0 fully saturated rings. The van der Waals surface area contributed by atoms with Gasteiger partial charge < -0.3 is 9.15 Å². The van der Waals surface area contributed by atoms with Crippen molar-refractivity contribution in [2.75, 3.05) is 0 Å². The molecule has 27 heavy (non-hydrogen) atoms. The van der Waals surface area contributed by atoms with Gasteiger partial charge in [0.2, 0.25) is 0 Å². The molecule has 3 aromatic rings. The minimum Gasteiger partial charge on any atom is -0.488 e. The fourth-order valence-electron chi connectivity index (χ4n) is 3.15. The lowest BCUT2D eigenvalue weighted by molar-refractivity contribution is -0.116. The highest BCUT2D eigenvalue weighted by atomic mass is 19.1. The van der Waals surface area contributed by atoms with Crippen LogP contribution in [0.15, 0.2) is 39.5 Å². The Kier molecular flexibility index (Phi) is 5.13. The summed E-state index contributed by atoms with van der Waals surface area (Å²) in [5.41, 5.74) is 3.09. The summed E-state index contributed by atoms with van der Waals surface area (Å²) in [4.78, 5) is 23.7. The Morgan fingerprint density at radius 2 is 1.85 bits per heavy atom. The van der Waals surface area contributed by atoms with Crippen molar-refractivity contribution in [3.8, 4) is 5.75 Å². The average molecular weight is 368 g/mol. The van der Waals surface area contributed by atoms with Gasteiger partial charge in [0.15, 0.2) is 0 Å². The van der Waals surface area contributed by atoms with Crippen molar-refractivity contribution in [3.63, 3.8) is 0 Å². The Morgan fingerprint density at radius 1 is 1.11 bits per heavy atom. The first-order valence-corrected chi connectivity index (χ1v) is 8.71. The van der Waals surface area contributed by atoms with Crippen LogP contribution in [-0.4, -0.2) is 5.78 Å². The molecule has 1 heterocycles. The molecule has 0 aliphatic heterocycles. The average Bonchev–Trinajstić information content (AvgIpc) is 2.61. The van der Waals surface area contributed by atoms with Crippen LogP contribution in [-0.2, 0) is 17.8 Å². The van der Waals surface area contributed by atoms with Gasteiger partial charge in [-0.2, -0.15) is 0 Å². The molecule has 0 aliphatic rings. The molecule has 0 N–H and O–H groups in total. The number of Topliss-reactive ketones (excluding diaryl/α,β-unsaturated/α-hetero) is 1. The van der Waals surface area contributed by atoms with Crippen LogP contribution in [0.3, 0.4) is 0 Å². The molecule has 0 saturated carbocycles. The molecular weight excluding hydrogens is 347 g/mol. The molecule has 0 bridgehead atoms. The molecular formula is C22H21FO4. The Hall–Kier alpha value is -2.95. The van der Waals surface area contributed by atoms with Gasteiger partial charge in [-0.1, -0.05) is 11.6 Å².